The van der Waals surface area contributed by atoms with Gasteiger partial charge in [-0.05, 0) is 51.3 Å². The SMILES string of the molecule is CC[C@H](C(=O)NC(C)C)N(Cc1ccc(C)cc1)C(=O)CCCN(C)S(=O)(=O)c1ccccc1. The first-order valence-corrected chi connectivity index (χ1v) is 13.2. The summed E-state index contributed by atoms with van der Waals surface area (Å²) < 4.78 is 26.7. The third-order valence-electron chi connectivity index (χ3n) is 5.61. The minimum absolute atomic E-state index is 0.0327. The van der Waals surface area contributed by atoms with Crippen molar-refractivity contribution in [3.63, 3.8) is 0 Å². The second kappa shape index (κ2) is 12.7. The average Bonchev–Trinajstić information content (AvgIpc) is 2.80. The van der Waals surface area contributed by atoms with E-state index in [0.717, 1.165) is 11.1 Å². The van der Waals surface area contributed by atoms with Gasteiger partial charge < -0.3 is 10.2 Å². The van der Waals surface area contributed by atoms with Gasteiger partial charge in [0.1, 0.15) is 6.04 Å². The van der Waals surface area contributed by atoms with Crippen molar-refractivity contribution in [1.82, 2.24) is 14.5 Å². The zero-order chi connectivity index (χ0) is 25.3. The van der Waals surface area contributed by atoms with E-state index in [2.05, 4.69) is 5.32 Å². The van der Waals surface area contributed by atoms with Crippen LogP contribution in [0, 0.1) is 6.92 Å². The molecule has 7 nitrogen and oxygen atoms in total. The molecule has 8 heteroatoms. The number of carbonyl (C=O) groups excluding carboxylic acids is 2. The van der Waals surface area contributed by atoms with Gasteiger partial charge in [0.15, 0.2) is 0 Å². The van der Waals surface area contributed by atoms with Crippen molar-refractivity contribution in [1.29, 1.82) is 0 Å². The Hall–Kier alpha value is -2.71. The number of sulfonamides is 1. The van der Waals surface area contributed by atoms with Gasteiger partial charge in [0.2, 0.25) is 21.8 Å². The molecular formula is C26H37N3O4S. The van der Waals surface area contributed by atoms with Gasteiger partial charge in [-0.2, -0.15) is 0 Å². The van der Waals surface area contributed by atoms with E-state index in [4.69, 9.17) is 0 Å². The number of nitrogens with zero attached hydrogens (tertiary/aromatic N) is 2. The summed E-state index contributed by atoms with van der Waals surface area (Å²) in [5.41, 5.74) is 2.06. The first-order valence-electron chi connectivity index (χ1n) is 11.7. The number of amides is 2. The largest absolute Gasteiger partial charge is 0.352 e. The van der Waals surface area contributed by atoms with Crippen LogP contribution in [-0.4, -0.2) is 55.1 Å². The third-order valence-corrected chi connectivity index (χ3v) is 7.48. The van der Waals surface area contributed by atoms with Crippen molar-refractivity contribution in [2.24, 2.45) is 0 Å². The minimum atomic E-state index is -3.61. The molecule has 34 heavy (non-hydrogen) atoms. The van der Waals surface area contributed by atoms with Crippen molar-refractivity contribution < 1.29 is 18.0 Å². The number of rotatable bonds is 12. The summed E-state index contributed by atoms with van der Waals surface area (Å²) in [7, 11) is -2.10. The topological polar surface area (TPSA) is 86.8 Å². The molecule has 0 bridgehead atoms. The number of hydrogen-bond donors (Lipinski definition) is 1. The molecule has 186 valence electrons. The molecule has 0 unspecified atom stereocenters. The molecule has 2 aromatic carbocycles. The van der Waals surface area contributed by atoms with Crippen LogP contribution >= 0.6 is 0 Å². The lowest BCUT2D eigenvalue weighted by molar-refractivity contribution is -0.141. The van der Waals surface area contributed by atoms with Crippen LogP contribution in [0.1, 0.15) is 51.2 Å². The zero-order valence-electron chi connectivity index (χ0n) is 20.8. The first kappa shape index (κ1) is 27.5. The predicted octanol–water partition coefficient (Wildman–Crippen LogP) is 3.73. The Balaban J connectivity index is 2.12. The van der Waals surface area contributed by atoms with Crippen LogP contribution in [0.4, 0.5) is 0 Å². The quantitative estimate of drug-likeness (QED) is 0.494. The summed E-state index contributed by atoms with van der Waals surface area (Å²) in [6.07, 6.45) is 0.985. The molecule has 0 aliphatic rings. The van der Waals surface area contributed by atoms with Gasteiger partial charge in [0.25, 0.3) is 0 Å². The standard InChI is InChI=1S/C26H37N3O4S/c1-6-24(26(31)27-20(2)3)29(19-22-16-14-21(4)15-17-22)25(30)13-10-18-28(5)34(32,33)23-11-8-7-9-12-23/h7-9,11-12,14-17,20,24H,6,10,13,18-19H2,1-5H3,(H,27,31)/t24-/m1/s1. The summed E-state index contributed by atoms with van der Waals surface area (Å²) in [6.45, 7) is 8.19. The van der Waals surface area contributed by atoms with E-state index < -0.39 is 16.1 Å². The smallest absolute Gasteiger partial charge is 0.243 e. The maximum atomic E-state index is 13.3. The van der Waals surface area contributed by atoms with Crippen molar-refractivity contribution >= 4 is 21.8 Å². The fourth-order valence-corrected chi connectivity index (χ4v) is 4.91. The van der Waals surface area contributed by atoms with Crippen LogP contribution in [-0.2, 0) is 26.2 Å². The first-order chi connectivity index (χ1) is 16.1. The molecule has 2 amide bonds. The predicted molar refractivity (Wildman–Crippen MR) is 135 cm³/mol. The Labute approximate surface area is 204 Å². The number of aryl methyl sites for hydroxylation is 1. The molecular weight excluding hydrogens is 450 g/mol. The number of nitrogens with one attached hydrogen (secondary N) is 1. The van der Waals surface area contributed by atoms with Crippen LogP contribution < -0.4 is 5.32 Å². The molecule has 0 aromatic heterocycles. The van der Waals surface area contributed by atoms with Crippen molar-refractivity contribution in [3.05, 3.63) is 65.7 Å². The summed E-state index contributed by atoms with van der Waals surface area (Å²) in [6, 6.07) is 15.5. The second-order valence-corrected chi connectivity index (χ2v) is 10.9. The van der Waals surface area contributed by atoms with Crippen LogP contribution in [0.2, 0.25) is 0 Å². The van der Waals surface area contributed by atoms with Gasteiger partial charge in [0.05, 0.1) is 4.90 Å². The number of benzene rings is 2. The molecule has 0 spiro atoms. The van der Waals surface area contributed by atoms with Gasteiger partial charge in [0, 0.05) is 32.6 Å². The molecule has 2 aromatic rings. The lowest BCUT2D eigenvalue weighted by Crippen LogP contribution is -2.50. The van der Waals surface area contributed by atoms with E-state index in [-0.39, 0.29) is 35.7 Å². The van der Waals surface area contributed by atoms with Gasteiger partial charge in [-0.25, -0.2) is 12.7 Å². The van der Waals surface area contributed by atoms with E-state index in [1.165, 1.54) is 11.4 Å². The summed E-state index contributed by atoms with van der Waals surface area (Å²) in [5.74, 6) is -0.349. The molecule has 0 saturated carbocycles. The highest BCUT2D eigenvalue weighted by Crippen LogP contribution is 2.17. The van der Waals surface area contributed by atoms with Gasteiger partial charge in [-0.1, -0.05) is 55.0 Å². The highest BCUT2D eigenvalue weighted by atomic mass is 32.2. The van der Waals surface area contributed by atoms with Crippen LogP contribution in [0.25, 0.3) is 0 Å². The van der Waals surface area contributed by atoms with Gasteiger partial charge in [-0.15, -0.1) is 0 Å². The van der Waals surface area contributed by atoms with E-state index >= 15 is 0 Å². The molecule has 0 aliphatic heterocycles. The lowest BCUT2D eigenvalue weighted by atomic mass is 10.1. The van der Waals surface area contributed by atoms with Crippen LogP contribution in [0.15, 0.2) is 59.5 Å². The Morgan fingerprint density at radius 2 is 1.62 bits per heavy atom. The third kappa shape index (κ3) is 7.67. The summed E-state index contributed by atoms with van der Waals surface area (Å²) in [4.78, 5) is 28.0. The normalized spacial score (nSPS) is 12.6. The molecule has 1 atom stereocenters. The Morgan fingerprint density at radius 1 is 1.00 bits per heavy atom. The minimum Gasteiger partial charge on any atom is -0.352 e. The monoisotopic (exact) mass is 487 g/mol. The molecule has 0 radical (unpaired) electrons. The van der Waals surface area contributed by atoms with Crippen molar-refractivity contribution in [2.45, 2.75) is 70.5 Å². The Bertz CT molecular complexity index is 1040. The molecule has 0 aliphatic carbocycles. The molecule has 0 heterocycles. The number of hydrogen-bond acceptors (Lipinski definition) is 4. The van der Waals surface area contributed by atoms with E-state index in [0.29, 0.717) is 19.4 Å². The van der Waals surface area contributed by atoms with Crippen LogP contribution in [0.3, 0.4) is 0 Å². The summed E-state index contributed by atoms with van der Waals surface area (Å²) in [5, 5.41) is 2.92. The maximum absolute atomic E-state index is 13.3. The molecule has 2 rings (SSSR count). The average molecular weight is 488 g/mol. The van der Waals surface area contributed by atoms with Crippen molar-refractivity contribution in [3.8, 4) is 0 Å². The van der Waals surface area contributed by atoms with Crippen molar-refractivity contribution in [2.75, 3.05) is 13.6 Å². The van der Waals surface area contributed by atoms with E-state index in [1.807, 2.05) is 52.0 Å². The van der Waals surface area contributed by atoms with E-state index in [1.54, 1.807) is 35.2 Å². The lowest BCUT2D eigenvalue weighted by Gasteiger charge is -2.31. The highest BCUT2D eigenvalue weighted by Gasteiger charge is 2.29. The van der Waals surface area contributed by atoms with Crippen LogP contribution in [0.5, 0.6) is 0 Å². The molecule has 0 fully saturated rings. The Morgan fingerprint density at radius 3 is 2.18 bits per heavy atom. The maximum Gasteiger partial charge on any atom is 0.243 e. The number of carbonyl (C=O) groups is 2. The van der Waals surface area contributed by atoms with Gasteiger partial charge in [-0.3, -0.25) is 9.59 Å². The second-order valence-electron chi connectivity index (χ2n) is 8.84. The van der Waals surface area contributed by atoms with Gasteiger partial charge >= 0.3 is 0 Å². The molecule has 1 N–H and O–H groups in total. The molecule has 0 saturated heterocycles. The fourth-order valence-electron chi connectivity index (χ4n) is 3.68. The fraction of sp³-hybridized carbons (Fsp3) is 0.462. The zero-order valence-corrected chi connectivity index (χ0v) is 21.6. The summed E-state index contributed by atoms with van der Waals surface area (Å²) >= 11 is 0. The van der Waals surface area contributed by atoms with E-state index in [9.17, 15) is 18.0 Å². The Kier molecular flexibility index (Phi) is 10.3. The highest BCUT2D eigenvalue weighted by molar-refractivity contribution is 7.89.